The topological polar surface area (TPSA) is 75.9 Å². The van der Waals surface area contributed by atoms with Gasteiger partial charge in [-0.2, -0.15) is 0 Å². The maximum Gasteiger partial charge on any atom is 0.152 e. The van der Waals surface area contributed by atoms with E-state index in [1.807, 2.05) is 26.8 Å². The molecular weight excluding hydrogens is 350 g/mol. The molecule has 28 heavy (non-hydrogen) atoms. The predicted octanol–water partition coefficient (Wildman–Crippen LogP) is 4.73. The smallest absolute Gasteiger partial charge is 0.152 e. The molecule has 0 saturated carbocycles. The van der Waals surface area contributed by atoms with Gasteiger partial charge in [0.25, 0.3) is 0 Å². The Morgan fingerprint density at radius 3 is 2.57 bits per heavy atom. The summed E-state index contributed by atoms with van der Waals surface area (Å²) in [6.45, 7) is 11.0. The average molecular weight is 375 g/mol. The summed E-state index contributed by atoms with van der Waals surface area (Å²) in [6, 6.07) is 5.81. The highest BCUT2D eigenvalue weighted by atomic mass is 16.3. The number of rotatable bonds is 4. The van der Waals surface area contributed by atoms with E-state index >= 15 is 0 Å². The molecule has 0 aliphatic rings. The lowest BCUT2D eigenvalue weighted by Crippen LogP contribution is -2.05. The van der Waals surface area contributed by atoms with Crippen molar-refractivity contribution in [3.63, 3.8) is 0 Å². The number of benzene rings is 1. The lowest BCUT2D eigenvalue weighted by molar-refractivity contribution is 0.470. The Kier molecular flexibility index (Phi) is 4.41. The summed E-state index contributed by atoms with van der Waals surface area (Å²) in [7, 11) is 0. The van der Waals surface area contributed by atoms with E-state index in [2.05, 4.69) is 39.8 Å². The molecule has 0 radical (unpaired) electrons. The van der Waals surface area contributed by atoms with Gasteiger partial charge in [-0.15, -0.1) is 0 Å². The number of aromatic nitrogens is 4. The minimum atomic E-state index is 0.262. The molecule has 0 aliphatic heterocycles. The molecule has 0 bridgehead atoms. The third-order valence-corrected chi connectivity index (χ3v) is 5.34. The highest BCUT2D eigenvalue weighted by molar-refractivity contribution is 6.12. The molecule has 2 N–H and O–H groups in total. The first-order valence-corrected chi connectivity index (χ1v) is 9.60. The lowest BCUT2D eigenvalue weighted by atomic mass is 10.1. The molecule has 0 fully saturated rings. The van der Waals surface area contributed by atoms with Crippen molar-refractivity contribution in [3.05, 3.63) is 46.9 Å². The zero-order valence-corrected chi connectivity index (χ0v) is 17.0. The number of aryl methyl sites for hydroxylation is 3. The first-order chi connectivity index (χ1) is 13.4. The van der Waals surface area contributed by atoms with Crippen LogP contribution in [0.4, 0.5) is 5.82 Å². The van der Waals surface area contributed by atoms with Crippen LogP contribution in [0.2, 0.25) is 0 Å². The standard InChI is InChI=1S/C22H25N5O/c1-6-9-23-20-18-16-10-13(3)15(5)26-21(16)27(22(18)25-11-24-20)19-12(2)7-8-17(28)14(19)4/h7-8,10-11,28H,6,9H2,1-5H3,(H,23,24,25). The van der Waals surface area contributed by atoms with Crippen LogP contribution in [-0.4, -0.2) is 31.2 Å². The van der Waals surface area contributed by atoms with E-state index in [0.29, 0.717) is 0 Å². The molecule has 0 amide bonds. The maximum absolute atomic E-state index is 10.4. The van der Waals surface area contributed by atoms with Crippen molar-refractivity contribution in [3.8, 4) is 11.4 Å². The van der Waals surface area contributed by atoms with Crippen LogP contribution in [0.25, 0.3) is 27.8 Å². The number of hydrogen-bond donors (Lipinski definition) is 2. The Labute approximate surface area is 164 Å². The molecule has 6 nitrogen and oxygen atoms in total. The summed E-state index contributed by atoms with van der Waals surface area (Å²) in [5.74, 6) is 1.08. The average Bonchev–Trinajstić information content (AvgIpc) is 2.98. The molecular formula is C22H25N5O. The molecule has 0 saturated heterocycles. The van der Waals surface area contributed by atoms with Crippen molar-refractivity contribution in [2.24, 2.45) is 0 Å². The van der Waals surface area contributed by atoms with Crippen molar-refractivity contribution >= 4 is 27.9 Å². The van der Waals surface area contributed by atoms with Crippen molar-refractivity contribution in [2.45, 2.75) is 41.0 Å². The fourth-order valence-corrected chi connectivity index (χ4v) is 3.70. The number of nitrogens with zero attached hydrogens (tertiary/aromatic N) is 4. The number of phenolic OH excluding ortho intramolecular Hbond substituents is 1. The fraction of sp³-hybridized carbons (Fsp3) is 0.318. The van der Waals surface area contributed by atoms with Gasteiger partial charge in [0.05, 0.1) is 11.1 Å². The quantitative estimate of drug-likeness (QED) is 0.539. The second-order valence-corrected chi connectivity index (χ2v) is 7.32. The van der Waals surface area contributed by atoms with Crippen molar-refractivity contribution in [1.82, 2.24) is 19.5 Å². The summed E-state index contributed by atoms with van der Waals surface area (Å²) < 4.78 is 2.06. The van der Waals surface area contributed by atoms with Gasteiger partial charge in [-0.05, 0) is 57.4 Å². The van der Waals surface area contributed by atoms with Gasteiger partial charge in [-0.1, -0.05) is 13.0 Å². The second-order valence-electron chi connectivity index (χ2n) is 7.32. The SMILES string of the molecule is CCCNc1ncnc2c1c1cc(C)c(C)nc1n2-c1c(C)ccc(O)c1C. The predicted molar refractivity (Wildman–Crippen MR) is 114 cm³/mol. The van der Waals surface area contributed by atoms with Gasteiger partial charge in [-0.25, -0.2) is 15.0 Å². The largest absolute Gasteiger partial charge is 0.508 e. The Hall–Kier alpha value is -3.15. The number of phenols is 1. The van der Waals surface area contributed by atoms with E-state index in [0.717, 1.165) is 68.9 Å². The van der Waals surface area contributed by atoms with E-state index in [1.54, 1.807) is 12.4 Å². The number of aromatic hydroxyl groups is 1. The van der Waals surface area contributed by atoms with Gasteiger partial charge in [-0.3, -0.25) is 4.57 Å². The van der Waals surface area contributed by atoms with Crippen LogP contribution in [0.5, 0.6) is 5.75 Å². The van der Waals surface area contributed by atoms with Gasteiger partial charge < -0.3 is 10.4 Å². The Morgan fingerprint density at radius 2 is 1.82 bits per heavy atom. The van der Waals surface area contributed by atoms with Crippen molar-refractivity contribution in [1.29, 1.82) is 0 Å². The van der Waals surface area contributed by atoms with Crippen LogP contribution >= 0.6 is 0 Å². The summed E-state index contributed by atoms with van der Waals surface area (Å²) in [5, 5.41) is 15.8. The molecule has 0 atom stereocenters. The number of fused-ring (bicyclic) bond motifs is 3. The summed E-state index contributed by atoms with van der Waals surface area (Å²) in [6.07, 6.45) is 2.59. The molecule has 1 aromatic carbocycles. The van der Waals surface area contributed by atoms with Crippen LogP contribution in [-0.2, 0) is 0 Å². The van der Waals surface area contributed by atoms with Crippen LogP contribution < -0.4 is 5.32 Å². The molecule has 0 spiro atoms. The van der Waals surface area contributed by atoms with Crippen LogP contribution in [0, 0.1) is 27.7 Å². The van der Waals surface area contributed by atoms with E-state index in [9.17, 15) is 5.11 Å². The summed E-state index contributed by atoms with van der Waals surface area (Å²) in [5.41, 5.74) is 6.49. The number of anilines is 1. The highest BCUT2D eigenvalue weighted by Crippen LogP contribution is 2.37. The highest BCUT2D eigenvalue weighted by Gasteiger charge is 2.22. The number of hydrogen-bond acceptors (Lipinski definition) is 5. The van der Waals surface area contributed by atoms with Gasteiger partial charge in [0.15, 0.2) is 5.65 Å². The maximum atomic E-state index is 10.4. The lowest BCUT2D eigenvalue weighted by Gasteiger charge is -2.14. The first kappa shape index (κ1) is 18.2. The molecule has 144 valence electrons. The molecule has 0 unspecified atom stereocenters. The normalized spacial score (nSPS) is 11.5. The first-order valence-electron chi connectivity index (χ1n) is 9.60. The molecule has 3 aromatic heterocycles. The Morgan fingerprint density at radius 1 is 1.04 bits per heavy atom. The molecule has 6 heteroatoms. The van der Waals surface area contributed by atoms with Crippen molar-refractivity contribution < 1.29 is 5.11 Å². The third-order valence-electron chi connectivity index (χ3n) is 5.34. The van der Waals surface area contributed by atoms with Gasteiger partial charge in [0.1, 0.15) is 23.5 Å². The zero-order chi connectivity index (χ0) is 20.0. The molecule has 4 aromatic rings. The van der Waals surface area contributed by atoms with Crippen LogP contribution in [0.15, 0.2) is 24.5 Å². The minimum Gasteiger partial charge on any atom is -0.508 e. The van der Waals surface area contributed by atoms with E-state index in [-0.39, 0.29) is 5.75 Å². The van der Waals surface area contributed by atoms with Crippen LogP contribution in [0.3, 0.4) is 0 Å². The fourth-order valence-electron chi connectivity index (χ4n) is 3.70. The number of pyridine rings is 1. The number of nitrogens with one attached hydrogen (secondary N) is 1. The second kappa shape index (κ2) is 6.78. The van der Waals surface area contributed by atoms with Gasteiger partial charge in [0, 0.05) is 23.2 Å². The Balaban J connectivity index is 2.20. The molecule has 3 heterocycles. The van der Waals surface area contributed by atoms with Gasteiger partial charge in [0.2, 0.25) is 0 Å². The van der Waals surface area contributed by atoms with Gasteiger partial charge >= 0.3 is 0 Å². The van der Waals surface area contributed by atoms with E-state index < -0.39 is 0 Å². The van der Waals surface area contributed by atoms with E-state index in [1.165, 1.54) is 0 Å². The minimum absolute atomic E-state index is 0.262. The molecule has 4 rings (SSSR count). The van der Waals surface area contributed by atoms with Crippen molar-refractivity contribution in [2.75, 3.05) is 11.9 Å². The third kappa shape index (κ3) is 2.68. The molecule has 0 aliphatic carbocycles. The monoisotopic (exact) mass is 375 g/mol. The zero-order valence-electron chi connectivity index (χ0n) is 17.0. The van der Waals surface area contributed by atoms with E-state index in [4.69, 9.17) is 4.98 Å². The van der Waals surface area contributed by atoms with Crippen LogP contribution in [0.1, 0.15) is 35.7 Å². The summed E-state index contributed by atoms with van der Waals surface area (Å²) >= 11 is 0. The Bertz CT molecular complexity index is 1210. The summed E-state index contributed by atoms with van der Waals surface area (Å²) in [4.78, 5) is 14.0.